The lowest BCUT2D eigenvalue weighted by Crippen LogP contribution is -2.44. The molecule has 0 spiro atoms. The normalized spacial score (nSPS) is 17.7. The lowest BCUT2D eigenvalue weighted by Gasteiger charge is -2.35. The second-order valence-corrected chi connectivity index (χ2v) is 10.5. The largest absolute Gasteiger partial charge is 0.468 e. The predicted molar refractivity (Wildman–Crippen MR) is 135 cm³/mol. The van der Waals surface area contributed by atoms with Gasteiger partial charge in [0.2, 0.25) is 0 Å². The average Bonchev–Trinajstić information content (AvgIpc) is 3.69. The number of benzene rings is 2. The van der Waals surface area contributed by atoms with Gasteiger partial charge in [0.05, 0.1) is 12.5 Å². The Balaban J connectivity index is 1.86. The lowest BCUT2D eigenvalue weighted by atomic mass is 9.76. The second kappa shape index (κ2) is 11.0. The number of carbonyl (C=O) groups excluding carboxylic acids is 2. The summed E-state index contributed by atoms with van der Waals surface area (Å²) >= 11 is 0. The molecule has 1 aliphatic rings. The minimum atomic E-state index is -4.87. The van der Waals surface area contributed by atoms with Crippen LogP contribution in [-0.4, -0.2) is 47.3 Å². The first kappa shape index (κ1) is 29.6. The van der Waals surface area contributed by atoms with Crippen molar-refractivity contribution < 1.29 is 37.0 Å². The number of hydrogen-bond acceptors (Lipinski definition) is 4. The van der Waals surface area contributed by atoms with Crippen LogP contribution in [0.4, 0.5) is 17.6 Å². The van der Waals surface area contributed by atoms with Gasteiger partial charge in [-0.1, -0.05) is 31.2 Å². The minimum absolute atomic E-state index is 0.0223. The molecule has 2 aromatic carbocycles. The van der Waals surface area contributed by atoms with Gasteiger partial charge in [-0.2, -0.15) is 13.2 Å². The Hall–Kier alpha value is -2.94. The van der Waals surface area contributed by atoms with Crippen molar-refractivity contribution in [2.45, 2.75) is 89.1 Å². The summed E-state index contributed by atoms with van der Waals surface area (Å²) in [5, 5.41) is 9.94. The van der Waals surface area contributed by atoms with E-state index in [1.165, 1.54) is 25.3 Å². The van der Waals surface area contributed by atoms with Crippen molar-refractivity contribution in [2.75, 3.05) is 7.11 Å². The van der Waals surface area contributed by atoms with Gasteiger partial charge in [-0.05, 0) is 82.2 Å². The third kappa shape index (κ3) is 5.87. The third-order valence-electron chi connectivity index (χ3n) is 7.62. The molecule has 3 rings (SSSR count). The molecular formula is C29H35F4NO4. The van der Waals surface area contributed by atoms with Crippen LogP contribution in [0.25, 0.3) is 0 Å². The van der Waals surface area contributed by atoms with E-state index in [0.717, 1.165) is 30.5 Å². The van der Waals surface area contributed by atoms with E-state index in [2.05, 4.69) is 0 Å². The first-order chi connectivity index (χ1) is 17.7. The molecule has 1 aliphatic carbocycles. The molecule has 1 amide bonds. The van der Waals surface area contributed by atoms with E-state index in [0.29, 0.717) is 19.8 Å². The number of hydrogen-bond donors (Lipinski definition) is 1. The highest BCUT2D eigenvalue weighted by Gasteiger charge is 2.51. The molecule has 1 saturated carbocycles. The SMILES string of the molecule is CCC(CC[C@](C)(C(=O)OC)c1ccc(C)cc1F)N(C(=O)c1ccc([C@](C)(O)C(F)(F)F)cc1)C1CC1. The second-order valence-electron chi connectivity index (χ2n) is 10.5. The third-order valence-corrected chi connectivity index (χ3v) is 7.62. The monoisotopic (exact) mass is 537 g/mol. The molecule has 0 saturated heterocycles. The number of aliphatic hydroxyl groups is 1. The summed E-state index contributed by atoms with van der Waals surface area (Å²) < 4.78 is 59.6. The number of amides is 1. The van der Waals surface area contributed by atoms with Crippen LogP contribution < -0.4 is 0 Å². The van der Waals surface area contributed by atoms with Crippen LogP contribution >= 0.6 is 0 Å². The summed E-state index contributed by atoms with van der Waals surface area (Å²) in [4.78, 5) is 28.1. The molecule has 1 N–H and O–H groups in total. The van der Waals surface area contributed by atoms with Crippen LogP contribution in [0.1, 0.15) is 79.9 Å². The first-order valence-corrected chi connectivity index (χ1v) is 12.7. The van der Waals surface area contributed by atoms with Crippen LogP contribution in [0.5, 0.6) is 0 Å². The topological polar surface area (TPSA) is 66.8 Å². The molecule has 2 aromatic rings. The predicted octanol–water partition coefficient (Wildman–Crippen LogP) is 6.20. The highest BCUT2D eigenvalue weighted by Crippen LogP contribution is 2.40. The maximum absolute atomic E-state index is 14.9. The number of methoxy groups -OCH3 is 1. The van der Waals surface area contributed by atoms with Crippen molar-refractivity contribution in [2.24, 2.45) is 0 Å². The van der Waals surface area contributed by atoms with Gasteiger partial charge in [-0.3, -0.25) is 9.59 Å². The Bertz CT molecular complexity index is 1160. The van der Waals surface area contributed by atoms with E-state index in [4.69, 9.17) is 4.74 Å². The van der Waals surface area contributed by atoms with Crippen molar-refractivity contribution >= 4 is 11.9 Å². The van der Waals surface area contributed by atoms with Gasteiger partial charge in [-0.25, -0.2) is 4.39 Å². The summed E-state index contributed by atoms with van der Waals surface area (Å²) in [5.74, 6) is -1.42. The molecule has 0 bridgehead atoms. The Labute approximate surface area is 220 Å². The van der Waals surface area contributed by atoms with Crippen LogP contribution in [0.15, 0.2) is 42.5 Å². The molecule has 38 heavy (non-hydrogen) atoms. The van der Waals surface area contributed by atoms with Crippen molar-refractivity contribution in [1.82, 2.24) is 4.90 Å². The lowest BCUT2D eigenvalue weighted by molar-refractivity contribution is -0.258. The van der Waals surface area contributed by atoms with E-state index in [1.54, 1.807) is 30.9 Å². The summed E-state index contributed by atoms with van der Waals surface area (Å²) in [6, 6.07) is 9.19. The highest BCUT2D eigenvalue weighted by molar-refractivity contribution is 5.95. The summed E-state index contributed by atoms with van der Waals surface area (Å²) in [6.45, 7) is 5.97. The Morgan fingerprint density at radius 2 is 1.71 bits per heavy atom. The molecule has 0 aliphatic heterocycles. The fraction of sp³-hybridized carbons (Fsp3) is 0.517. The van der Waals surface area contributed by atoms with Crippen LogP contribution in [0.2, 0.25) is 0 Å². The Morgan fingerprint density at radius 1 is 1.11 bits per heavy atom. The van der Waals surface area contributed by atoms with Gasteiger partial charge < -0.3 is 14.7 Å². The zero-order chi connectivity index (χ0) is 28.5. The standard InChI is InChI=1S/C29H35F4NO4/c1-6-21(15-16-27(3,26(36)38-5)23-14-7-18(2)17-24(23)30)34(22-12-13-22)25(35)19-8-10-20(11-9-19)28(4,37)29(31,32)33/h7-11,14,17,21-22,37H,6,12-13,15-16H2,1-5H3/t21?,27-,28-/m0/s1. The Kier molecular flexibility index (Phi) is 8.61. The fourth-order valence-electron chi connectivity index (χ4n) is 4.87. The maximum Gasteiger partial charge on any atom is 0.421 e. The fourth-order valence-corrected chi connectivity index (χ4v) is 4.87. The number of alkyl halides is 3. The number of halogens is 4. The van der Waals surface area contributed by atoms with Gasteiger partial charge in [0.15, 0.2) is 5.60 Å². The van der Waals surface area contributed by atoms with Crippen molar-refractivity contribution in [1.29, 1.82) is 0 Å². The zero-order valence-electron chi connectivity index (χ0n) is 22.4. The average molecular weight is 538 g/mol. The number of nitrogens with zero attached hydrogens (tertiary/aromatic N) is 1. The number of ether oxygens (including phenoxy) is 1. The molecule has 9 heteroatoms. The molecule has 3 atom stereocenters. The molecular weight excluding hydrogens is 502 g/mol. The van der Waals surface area contributed by atoms with Gasteiger partial charge in [0.25, 0.3) is 5.91 Å². The summed E-state index contributed by atoms with van der Waals surface area (Å²) in [7, 11) is 1.25. The highest BCUT2D eigenvalue weighted by atomic mass is 19.4. The molecule has 208 valence electrons. The number of esters is 1. The van der Waals surface area contributed by atoms with Crippen molar-refractivity contribution in [3.05, 3.63) is 70.5 Å². The molecule has 0 radical (unpaired) electrons. The maximum atomic E-state index is 14.9. The number of carbonyl (C=O) groups is 2. The number of rotatable bonds is 10. The van der Waals surface area contributed by atoms with Gasteiger partial charge in [-0.15, -0.1) is 0 Å². The zero-order valence-corrected chi connectivity index (χ0v) is 22.4. The first-order valence-electron chi connectivity index (χ1n) is 12.7. The van der Waals surface area contributed by atoms with Crippen LogP contribution in [-0.2, 0) is 20.5 Å². The molecule has 0 heterocycles. The van der Waals surface area contributed by atoms with E-state index in [1.807, 2.05) is 6.92 Å². The smallest absolute Gasteiger partial charge is 0.421 e. The van der Waals surface area contributed by atoms with Gasteiger partial charge >= 0.3 is 12.1 Å². The van der Waals surface area contributed by atoms with Crippen molar-refractivity contribution in [3.63, 3.8) is 0 Å². The van der Waals surface area contributed by atoms with Crippen LogP contribution in [0.3, 0.4) is 0 Å². The van der Waals surface area contributed by atoms with E-state index in [-0.39, 0.29) is 41.1 Å². The molecule has 1 unspecified atom stereocenters. The van der Waals surface area contributed by atoms with Crippen molar-refractivity contribution in [3.8, 4) is 0 Å². The van der Waals surface area contributed by atoms with Gasteiger partial charge in [0.1, 0.15) is 5.82 Å². The molecule has 1 fully saturated rings. The van der Waals surface area contributed by atoms with Crippen LogP contribution in [0, 0.1) is 12.7 Å². The molecule has 5 nitrogen and oxygen atoms in total. The Morgan fingerprint density at radius 3 is 2.18 bits per heavy atom. The minimum Gasteiger partial charge on any atom is -0.468 e. The molecule has 0 aromatic heterocycles. The summed E-state index contributed by atoms with van der Waals surface area (Å²) in [5.41, 5.74) is -3.53. The van der Waals surface area contributed by atoms with Gasteiger partial charge in [0, 0.05) is 23.2 Å². The quantitative estimate of drug-likeness (QED) is 0.290. The van der Waals surface area contributed by atoms with E-state index in [9.17, 15) is 32.3 Å². The number of aryl methyl sites for hydroxylation is 1. The van der Waals surface area contributed by atoms with E-state index >= 15 is 0 Å². The van der Waals surface area contributed by atoms with E-state index < -0.39 is 29.0 Å². The summed E-state index contributed by atoms with van der Waals surface area (Å²) in [6.07, 6.45) is -2.10.